The van der Waals surface area contributed by atoms with E-state index < -0.39 is 36.3 Å². The molecular weight excluding hydrogens is 519 g/mol. The molecule has 0 spiro atoms. The van der Waals surface area contributed by atoms with Gasteiger partial charge in [0.15, 0.2) is 35.1 Å². The molecule has 38 heavy (non-hydrogen) atoms. The van der Waals surface area contributed by atoms with Gasteiger partial charge in [-0.3, -0.25) is 19.3 Å². The standard InChI is InChI=1S/C24H24ClFN8O4/c1-11(2)31-23(37)19-17(35)18(36)24(38-19)34-10-30-16-21(29-9-15-6-13(25)3-4-28-15)32-20(33-22(16)34)12-5-14(26)8-27-7-12/h3-8,10-11,17-19,24,35-36H,9H2,1-2H3,(H,31,37)(H,29,32,33)/t17-,18+,19-,24+/m0/s1. The minimum absolute atomic E-state index is 0.120. The van der Waals surface area contributed by atoms with Gasteiger partial charge >= 0.3 is 0 Å². The van der Waals surface area contributed by atoms with Crippen LogP contribution in [0.3, 0.4) is 0 Å². The number of aliphatic hydroxyl groups excluding tert-OH is 2. The Bertz CT molecular complexity index is 1490. The second-order valence-corrected chi connectivity index (χ2v) is 9.46. The highest BCUT2D eigenvalue weighted by molar-refractivity contribution is 6.30. The molecule has 4 aromatic rings. The Hall–Kier alpha value is -3.78. The molecule has 0 aliphatic carbocycles. The third-order valence-electron chi connectivity index (χ3n) is 5.80. The van der Waals surface area contributed by atoms with Crippen LogP contribution in [0.2, 0.25) is 5.02 Å². The average molecular weight is 543 g/mol. The van der Waals surface area contributed by atoms with Gasteiger partial charge < -0.3 is 25.6 Å². The molecule has 0 unspecified atom stereocenters. The van der Waals surface area contributed by atoms with Gasteiger partial charge in [-0.15, -0.1) is 0 Å². The molecule has 5 rings (SSSR count). The third kappa shape index (κ3) is 5.13. The van der Waals surface area contributed by atoms with Crippen LogP contribution < -0.4 is 10.6 Å². The first-order valence-corrected chi connectivity index (χ1v) is 12.1. The Labute approximate surface area is 220 Å². The number of fused-ring (bicyclic) bond motifs is 1. The lowest BCUT2D eigenvalue weighted by Gasteiger charge is -2.17. The van der Waals surface area contributed by atoms with Crippen molar-refractivity contribution in [1.29, 1.82) is 0 Å². The summed E-state index contributed by atoms with van der Waals surface area (Å²) in [5.74, 6) is -0.725. The quantitative estimate of drug-likeness (QED) is 0.271. The molecular formula is C24H24ClFN8O4. The summed E-state index contributed by atoms with van der Waals surface area (Å²) in [5.41, 5.74) is 1.45. The number of imidazole rings is 1. The van der Waals surface area contributed by atoms with Crippen molar-refractivity contribution < 1.29 is 24.1 Å². The van der Waals surface area contributed by atoms with Gasteiger partial charge in [0.1, 0.15) is 18.0 Å². The van der Waals surface area contributed by atoms with Gasteiger partial charge in [-0.1, -0.05) is 11.6 Å². The molecule has 12 nitrogen and oxygen atoms in total. The molecule has 1 aliphatic rings. The predicted octanol–water partition coefficient (Wildman–Crippen LogP) is 1.83. The number of nitrogens with zero attached hydrogens (tertiary/aromatic N) is 6. The Morgan fingerprint density at radius 3 is 2.76 bits per heavy atom. The smallest absolute Gasteiger partial charge is 0.252 e. The zero-order valence-corrected chi connectivity index (χ0v) is 21.0. The molecule has 14 heteroatoms. The molecule has 0 aromatic carbocycles. The number of pyridine rings is 2. The Morgan fingerprint density at radius 1 is 1.21 bits per heavy atom. The van der Waals surface area contributed by atoms with Crippen LogP contribution in [0.4, 0.5) is 10.2 Å². The maximum atomic E-state index is 14.0. The average Bonchev–Trinajstić information content (AvgIpc) is 3.43. The number of rotatable bonds is 7. The Balaban J connectivity index is 1.55. The van der Waals surface area contributed by atoms with Crippen LogP contribution in [-0.4, -0.2) is 70.0 Å². The van der Waals surface area contributed by atoms with E-state index in [0.29, 0.717) is 21.8 Å². The van der Waals surface area contributed by atoms with Gasteiger partial charge in [0, 0.05) is 29.0 Å². The summed E-state index contributed by atoms with van der Waals surface area (Å²) >= 11 is 6.07. The summed E-state index contributed by atoms with van der Waals surface area (Å²) in [4.78, 5) is 34.1. The summed E-state index contributed by atoms with van der Waals surface area (Å²) in [5, 5.41) is 27.7. The summed E-state index contributed by atoms with van der Waals surface area (Å²) in [6.07, 6.45) is -0.0490. The van der Waals surface area contributed by atoms with Crippen LogP contribution in [0.5, 0.6) is 0 Å². The van der Waals surface area contributed by atoms with E-state index in [1.165, 1.54) is 23.2 Å². The molecule has 5 heterocycles. The zero-order valence-electron chi connectivity index (χ0n) is 20.3. The number of hydrogen-bond acceptors (Lipinski definition) is 10. The van der Waals surface area contributed by atoms with E-state index in [9.17, 15) is 19.4 Å². The fourth-order valence-electron chi connectivity index (χ4n) is 4.08. The summed E-state index contributed by atoms with van der Waals surface area (Å²) in [6, 6.07) is 4.38. The first kappa shape index (κ1) is 25.9. The van der Waals surface area contributed by atoms with Gasteiger partial charge in [-0.2, -0.15) is 0 Å². The van der Waals surface area contributed by atoms with Crippen molar-refractivity contribution in [2.75, 3.05) is 5.32 Å². The van der Waals surface area contributed by atoms with E-state index in [4.69, 9.17) is 16.3 Å². The van der Waals surface area contributed by atoms with Crippen LogP contribution in [0.1, 0.15) is 25.8 Å². The van der Waals surface area contributed by atoms with Crippen molar-refractivity contribution in [3.63, 3.8) is 0 Å². The molecule has 198 valence electrons. The van der Waals surface area contributed by atoms with E-state index in [1.54, 1.807) is 32.2 Å². The fraction of sp³-hybridized carbons (Fsp3) is 0.333. The molecule has 4 aromatic heterocycles. The number of ether oxygens (including phenoxy) is 1. The lowest BCUT2D eigenvalue weighted by Crippen LogP contribution is -2.45. The van der Waals surface area contributed by atoms with Crippen molar-refractivity contribution in [1.82, 2.24) is 34.8 Å². The Kier molecular flexibility index (Phi) is 7.17. The largest absolute Gasteiger partial charge is 0.387 e. The predicted molar refractivity (Wildman–Crippen MR) is 134 cm³/mol. The number of halogens is 2. The lowest BCUT2D eigenvalue weighted by atomic mass is 10.1. The van der Waals surface area contributed by atoms with Crippen molar-refractivity contribution in [3.8, 4) is 11.4 Å². The maximum Gasteiger partial charge on any atom is 0.252 e. The minimum Gasteiger partial charge on any atom is -0.387 e. The number of carbonyl (C=O) groups is 1. The van der Waals surface area contributed by atoms with Crippen LogP contribution in [0.15, 0.2) is 43.1 Å². The summed E-state index contributed by atoms with van der Waals surface area (Å²) < 4.78 is 21.1. The number of hydrogen-bond donors (Lipinski definition) is 4. The zero-order chi connectivity index (χ0) is 27.0. The van der Waals surface area contributed by atoms with E-state index in [0.717, 1.165) is 6.20 Å². The van der Waals surface area contributed by atoms with E-state index in [2.05, 4.69) is 35.6 Å². The van der Waals surface area contributed by atoms with Crippen LogP contribution in [0.25, 0.3) is 22.6 Å². The number of carbonyl (C=O) groups excluding carboxylic acids is 1. The highest BCUT2D eigenvalue weighted by Gasteiger charge is 2.48. The van der Waals surface area contributed by atoms with Crippen molar-refractivity contribution >= 4 is 34.5 Å². The van der Waals surface area contributed by atoms with E-state index in [-0.39, 0.29) is 29.9 Å². The van der Waals surface area contributed by atoms with Crippen LogP contribution >= 0.6 is 11.6 Å². The minimum atomic E-state index is -1.49. The van der Waals surface area contributed by atoms with E-state index in [1.807, 2.05) is 0 Å². The summed E-state index contributed by atoms with van der Waals surface area (Å²) in [7, 11) is 0. The highest BCUT2D eigenvalue weighted by atomic mass is 35.5. The second kappa shape index (κ2) is 10.5. The molecule has 4 atom stereocenters. The molecule has 1 aliphatic heterocycles. The number of aromatic nitrogens is 6. The molecule has 4 N–H and O–H groups in total. The van der Waals surface area contributed by atoms with Crippen molar-refractivity contribution in [2.24, 2.45) is 0 Å². The van der Waals surface area contributed by atoms with Gasteiger partial charge in [-0.25, -0.2) is 19.3 Å². The van der Waals surface area contributed by atoms with Crippen LogP contribution in [0, 0.1) is 5.82 Å². The molecule has 0 radical (unpaired) electrons. The summed E-state index contributed by atoms with van der Waals surface area (Å²) in [6.45, 7) is 3.77. The third-order valence-corrected chi connectivity index (χ3v) is 6.04. The molecule has 0 bridgehead atoms. The first-order valence-electron chi connectivity index (χ1n) is 11.7. The molecule has 0 saturated carbocycles. The molecule has 1 saturated heterocycles. The number of aliphatic hydroxyl groups is 2. The number of amides is 1. The van der Waals surface area contributed by atoms with Crippen LogP contribution in [-0.2, 0) is 16.1 Å². The van der Waals surface area contributed by atoms with Gasteiger partial charge in [0.2, 0.25) is 0 Å². The normalized spacial score (nSPS) is 21.2. The van der Waals surface area contributed by atoms with Crippen molar-refractivity contribution in [3.05, 3.63) is 59.7 Å². The SMILES string of the molecule is CC(C)NC(=O)[C@H]1O[C@@H](n2cnc3c(NCc4cc(Cl)ccn4)nc(-c4cncc(F)c4)nc32)[C@H](O)[C@@H]1O. The van der Waals surface area contributed by atoms with Crippen molar-refractivity contribution in [2.45, 2.75) is 51.0 Å². The number of anilines is 1. The number of nitrogens with one attached hydrogen (secondary N) is 2. The topological polar surface area (TPSA) is 160 Å². The molecule has 1 fully saturated rings. The maximum absolute atomic E-state index is 14.0. The molecule has 1 amide bonds. The van der Waals surface area contributed by atoms with Gasteiger partial charge in [0.25, 0.3) is 5.91 Å². The van der Waals surface area contributed by atoms with E-state index >= 15 is 0 Å². The monoisotopic (exact) mass is 542 g/mol. The van der Waals surface area contributed by atoms with Gasteiger partial charge in [-0.05, 0) is 32.0 Å². The van der Waals surface area contributed by atoms with Gasteiger partial charge in [0.05, 0.1) is 24.8 Å². The highest BCUT2D eigenvalue weighted by Crippen LogP contribution is 2.33. The fourth-order valence-corrected chi connectivity index (χ4v) is 4.26. The Morgan fingerprint density at radius 2 is 2.03 bits per heavy atom. The lowest BCUT2D eigenvalue weighted by molar-refractivity contribution is -0.138. The second-order valence-electron chi connectivity index (χ2n) is 9.02. The first-order chi connectivity index (χ1) is 18.2.